The molecule has 2 rings (SSSR count). The summed E-state index contributed by atoms with van der Waals surface area (Å²) in [7, 11) is -3.68. The lowest BCUT2D eigenvalue weighted by atomic mass is 10.0. The van der Waals surface area contributed by atoms with Gasteiger partial charge in [0.1, 0.15) is 0 Å². The van der Waals surface area contributed by atoms with Crippen LogP contribution in [0.5, 0.6) is 0 Å². The Kier molecular flexibility index (Phi) is 5.13. The van der Waals surface area contributed by atoms with Gasteiger partial charge in [0, 0.05) is 6.04 Å². The zero-order chi connectivity index (χ0) is 16.2. The van der Waals surface area contributed by atoms with Crippen LogP contribution < -0.4 is 4.72 Å². The smallest absolute Gasteiger partial charge is 0.240 e. The van der Waals surface area contributed by atoms with E-state index in [9.17, 15) is 13.5 Å². The van der Waals surface area contributed by atoms with Gasteiger partial charge in [-0.15, -0.1) is 0 Å². The van der Waals surface area contributed by atoms with Crippen LogP contribution in [0, 0.1) is 0 Å². The third-order valence-electron chi connectivity index (χ3n) is 3.38. The second-order valence-electron chi connectivity index (χ2n) is 5.04. The van der Waals surface area contributed by atoms with Crippen molar-refractivity contribution in [1.29, 1.82) is 0 Å². The molecule has 0 amide bonds. The predicted molar refractivity (Wildman–Crippen MR) is 87.7 cm³/mol. The largest absolute Gasteiger partial charge is 0.387 e. The van der Waals surface area contributed by atoms with Gasteiger partial charge in [0.15, 0.2) is 0 Å². The van der Waals surface area contributed by atoms with Crippen molar-refractivity contribution in [2.75, 3.05) is 0 Å². The minimum Gasteiger partial charge on any atom is -0.387 e. The molecule has 0 spiro atoms. The summed E-state index contributed by atoms with van der Waals surface area (Å²) in [5, 5.41) is 10.2. The molecule has 2 aromatic carbocycles. The number of benzene rings is 2. The SMILES string of the molecule is C=Cc1ccc(S(=O)(=O)N[C@@H](C)[C@H](O)c2ccccc2)cc1. The van der Waals surface area contributed by atoms with Crippen molar-refractivity contribution in [2.24, 2.45) is 0 Å². The summed E-state index contributed by atoms with van der Waals surface area (Å²) in [6.45, 7) is 5.26. The van der Waals surface area contributed by atoms with Crippen LogP contribution in [0.25, 0.3) is 6.08 Å². The normalized spacial score (nSPS) is 14.3. The Hall–Kier alpha value is -1.95. The molecular formula is C17H19NO3S. The summed E-state index contributed by atoms with van der Waals surface area (Å²) < 4.78 is 27.2. The van der Waals surface area contributed by atoms with Crippen molar-refractivity contribution in [3.63, 3.8) is 0 Å². The molecule has 116 valence electrons. The van der Waals surface area contributed by atoms with Crippen molar-refractivity contribution in [3.8, 4) is 0 Å². The number of rotatable bonds is 6. The third-order valence-corrected chi connectivity index (χ3v) is 4.96. The highest BCUT2D eigenvalue weighted by molar-refractivity contribution is 7.89. The van der Waals surface area contributed by atoms with Gasteiger partial charge in [0.2, 0.25) is 10.0 Å². The van der Waals surface area contributed by atoms with E-state index >= 15 is 0 Å². The molecule has 4 nitrogen and oxygen atoms in total. The van der Waals surface area contributed by atoms with Crippen molar-refractivity contribution < 1.29 is 13.5 Å². The lowest BCUT2D eigenvalue weighted by Crippen LogP contribution is -2.37. The first-order valence-corrected chi connectivity index (χ1v) is 8.40. The number of sulfonamides is 1. The zero-order valence-corrected chi connectivity index (χ0v) is 13.1. The first-order valence-electron chi connectivity index (χ1n) is 6.92. The van der Waals surface area contributed by atoms with Gasteiger partial charge >= 0.3 is 0 Å². The molecule has 0 saturated heterocycles. The van der Waals surface area contributed by atoms with Gasteiger partial charge < -0.3 is 5.11 Å². The standard InChI is InChI=1S/C17H19NO3S/c1-3-14-9-11-16(12-10-14)22(20,21)18-13(2)17(19)15-7-5-4-6-8-15/h3-13,17-19H,1H2,2H3/t13-,17-/m0/s1. The average molecular weight is 317 g/mol. The fourth-order valence-corrected chi connectivity index (χ4v) is 3.35. The monoisotopic (exact) mass is 317 g/mol. The van der Waals surface area contributed by atoms with Crippen LogP contribution in [-0.2, 0) is 10.0 Å². The Bertz CT molecular complexity index is 724. The van der Waals surface area contributed by atoms with Gasteiger partial charge in [-0.05, 0) is 30.2 Å². The molecule has 0 aliphatic heterocycles. The van der Waals surface area contributed by atoms with Crippen molar-refractivity contribution >= 4 is 16.1 Å². The lowest BCUT2D eigenvalue weighted by molar-refractivity contribution is 0.146. The van der Waals surface area contributed by atoms with Gasteiger partial charge in [-0.3, -0.25) is 0 Å². The Morgan fingerprint density at radius 2 is 1.68 bits per heavy atom. The van der Waals surface area contributed by atoms with E-state index in [1.807, 2.05) is 6.07 Å². The first kappa shape index (κ1) is 16.4. The van der Waals surface area contributed by atoms with E-state index in [1.54, 1.807) is 49.4 Å². The van der Waals surface area contributed by atoms with Crippen LogP contribution in [0.1, 0.15) is 24.2 Å². The first-order chi connectivity index (χ1) is 10.4. The fourth-order valence-electron chi connectivity index (χ4n) is 2.10. The molecule has 2 atom stereocenters. The van der Waals surface area contributed by atoms with E-state index in [0.717, 1.165) is 5.56 Å². The lowest BCUT2D eigenvalue weighted by Gasteiger charge is -2.20. The number of aliphatic hydroxyl groups excluding tert-OH is 1. The maximum Gasteiger partial charge on any atom is 0.240 e. The second-order valence-corrected chi connectivity index (χ2v) is 6.75. The topological polar surface area (TPSA) is 66.4 Å². The molecule has 0 aliphatic carbocycles. The van der Waals surface area contributed by atoms with Crippen molar-refractivity contribution in [2.45, 2.75) is 24.0 Å². The maximum atomic E-state index is 12.3. The highest BCUT2D eigenvalue weighted by atomic mass is 32.2. The summed E-state index contributed by atoms with van der Waals surface area (Å²) in [5.74, 6) is 0. The van der Waals surface area contributed by atoms with Gasteiger partial charge in [-0.25, -0.2) is 13.1 Å². The summed E-state index contributed by atoms with van der Waals surface area (Å²) in [4.78, 5) is 0.158. The number of nitrogens with one attached hydrogen (secondary N) is 1. The quantitative estimate of drug-likeness (QED) is 0.861. The molecule has 0 bridgehead atoms. The molecule has 0 unspecified atom stereocenters. The Morgan fingerprint density at radius 3 is 2.23 bits per heavy atom. The number of hydrogen-bond acceptors (Lipinski definition) is 3. The van der Waals surface area contributed by atoms with E-state index < -0.39 is 22.2 Å². The Labute approximate surface area is 131 Å². The third kappa shape index (κ3) is 3.82. The van der Waals surface area contributed by atoms with Gasteiger partial charge in [0.05, 0.1) is 11.0 Å². The van der Waals surface area contributed by atoms with E-state index in [1.165, 1.54) is 12.1 Å². The molecular weight excluding hydrogens is 298 g/mol. The molecule has 0 fully saturated rings. The summed E-state index contributed by atoms with van der Waals surface area (Å²) >= 11 is 0. The number of hydrogen-bond donors (Lipinski definition) is 2. The Balaban J connectivity index is 2.15. The number of aliphatic hydroxyl groups is 1. The van der Waals surface area contributed by atoms with E-state index in [4.69, 9.17) is 0 Å². The Morgan fingerprint density at radius 1 is 1.09 bits per heavy atom. The van der Waals surface area contributed by atoms with Crippen LogP contribution in [0.4, 0.5) is 0 Å². The van der Waals surface area contributed by atoms with Crippen LogP contribution in [-0.4, -0.2) is 19.6 Å². The van der Waals surface area contributed by atoms with Crippen molar-refractivity contribution in [1.82, 2.24) is 4.72 Å². The molecule has 0 heterocycles. The summed E-state index contributed by atoms with van der Waals surface area (Å²) in [5.41, 5.74) is 1.51. The van der Waals surface area contributed by atoms with Crippen LogP contribution in [0.15, 0.2) is 66.1 Å². The van der Waals surface area contributed by atoms with Crippen molar-refractivity contribution in [3.05, 3.63) is 72.3 Å². The molecule has 0 aliphatic rings. The minimum atomic E-state index is -3.68. The van der Waals surface area contributed by atoms with Crippen LogP contribution >= 0.6 is 0 Å². The molecule has 0 aromatic heterocycles. The molecule has 2 aromatic rings. The zero-order valence-electron chi connectivity index (χ0n) is 12.3. The molecule has 22 heavy (non-hydrogen) atoms. The van der Waals surface area contributed by atoms with Gasteiger partial charge in [0.25, 0.3) is 0 Å². The summed E-state index contributed by atoms with van der Waals surface area (Å²) in [6.07, 6.45) is 0.731. The average Bonchev–Trinajstić information content (AvgIpc) is 2.54. The van der Waals surface area contributed by atoms with E-state index in [-0.39, 0.29) is 4.90 Å². The van der Waals surface area contributed by atoms with E-state index in [2.05, 4.69) is 11.3 Å². The molecule has 2 N–H and O–H groups in total. The highest BCUT2D eigenvalue weighted by Gasteiger charge is 2.23. The molecule has 0 saturated carbocycles. The molecule has 5 heteroatoms. The maximum absolute atomic E-state index is 12.3. The van der Waals surface area contributed by atoms with Crippen LogP contribution in [0.3, 0.4) is 0 Å². The fraction of sp³-hybridized carbons (Fsp3) is 0.176. The van der Waals surface area contributed by atoms with Crippen LogP contribution in [0.2, 0.25) is 0 Å². The summed E-state index contributed by atoms with van der Waals surface area (Å²) in [6, 6.07) is 14.7. The predicted octanol–water partition coefficient (Wildman–Crippen LogP) is 2.73. The van der Waals surface area contributed by atoms with E-state index in [0.29, 0.717) is 5.56 Å². The van der Waals surface area contributed by atoms with Gasteiger partial charge in [-0.2, -0.15) is 0 Å². The highest BCUT2D eigenvalue weighted by Crippen LogP contribution is 2.19. The second kappa shape index (κ2) is 6.87. The molecule has 0 radical (unpaired) electrons. The minimum absolute atomic E-state index is 0.158. The van der Waals surface area contributed by atoms with Gasteiger partial charge in [-0.1, -0.05) is 55.1 Å².